The highest BCUT2D eigenvalue weighted by atomic mass is 35.5. The molecule has 2 aromatic carbocycles. The Balaban J connectivity index is 1.88. The van der Waals surface area contributed by atoms with E-state index in [0.717, 1.165) is 0 Å². The lowest BCUT2D eigenvalue weighted by atomic mass is 10.2. The molecule has 1 heterocycles. The zero-order valence-electron chi connectivity index (χ0n) is 12.3. The Bertz CT molecular complexity index is 950. The van der Waals surface area contributed by atoms with Crippen molar-refractivity contribution in [2.45, 2.75) is 0 Å². The third-order valence-electron chi connectivity index (χ3n) is 3.49. The molecule has 0 saturated carbocycles. The van der Waals surface area contributed by atoms with Gasteiger partial charge in [0.05, 0.1) is 16.1 Å². The first kappa shape index (κ1) is 16.4. The quantitative estimate of drug-likeness (QED) is 0.767. The molecule has 0 saturated heterocycles. The normalized spacial score (nSPS) is 10.8. The molecule has 0 atom stereocenters. The number of carbonyl (C=O) groups is 2. The molecule has 7 heteroatoms. The number of fused-ring (bicyclic) bond motifs is 1. The van der Waals surface area contributed by atoms with Crippen LogP contribution in [0.1, 0.15) is 15.2 Å². The molecule has 0 aliphatic rings. The minimum atomic E-state index is -0.598. The molecule has 0 unspecified atom stereocenters. The lowest BCUT2D eigenvalue weighted by Crippen LogP contribution is -2.19. The molecule has 24 heavy (non-hydrogen) atoms. The van der Waals surface area contributed by atoms with Crippen molar-refractivity contribution in [2.24, 2.45) is 5.73 Å². The summed E-state index contributed by atoms with van der Waals surface area (Å²) in [5.41, 5.74) is 6.23. The molecule has 1 aromatic heterocycles. The Morgan fingerprint density at radius 3 is 2.58 bits per heavy atom. The Labute approximate surface area is 147 Å². The van der Waals surface area contributed by atoms with Crippen LogP contribution in [0.25, 0.3) is 10.9 Å². The summed E-state index contributed by atoms with van der Waals surface area (Å²) in [6.45, 7) is -0.252. The van der Waals surface area contributed by atoms with E-state index in [1.807, 2.05) is 0 Å². The highest BCUT2D eigenvalue weighted by Crippen LogP contribution is 2.27. The SMILES string of the molecule is NC(=O)c1cn(C(=O)COc2ccc(Cl)cc2Cl)c2ccccc12. The Morgan fingerprint density at radius 1 is 1.12 bits per heavy atom. The van der Waals surface area contributed by atoms with Gasteiger partial charge in [0.1, 0.15) is 5.75 Å². The number of hydrogen-bond acceptors (Lipinski definition) is 3. The number of primary amides is 1. The van der Waals surface area contributed by atoms with Gasteiger partial charge in [-0.25, -0.2) is 0 Å². The number of halogens is 2. The average molecular weight is 363 g/mol. The summed E-state index contributed by atoms with van der Waals surface area (Å²) < 4.78 is 6.80. The molecule has 1 amide bonds. The zero-order chi connectivity index (χ0) is 17.3. The standard InChI is InChI=1S/C17H12Cl2N2O3/c18-10-5-6-15(13(19)7-10)24-9-16(22)21-8-12(17(20)23)11-3-1-2-4-14(11)21/h1-8H,9H2,(H2,20,23). The van der Waals surface area contributed by atoms with E-state index in [1.165, 1.54) is 16.8 Å². The van der Waals surface area contributed by atoms with Gasteiger partial charge in [-0.1, -0.05) is 41.4 Å². The number of ether oxygens (including phenoxy) is 1. The number of para-hydroxylation sites is 1. The highest BCUT2D eigenvalue weighted by Gasteiger charge is 2.17. The van der Waals surface area contributed by atoms with Crippen LogP contribution < -0.4 is 10.5 Å². The predicted molar refractivity (Wildman–Crippen MR) is 93.0 cm³/mol. The van der Waals surface area contributed by atoms with E-state index in [4.69, 9.17) is 33.7 Å². The van der Waals surface area contributed by atoms with Crippen molar-refractivity contribution < 1.29 is 14.3 Å². The first-order chi connectivity index (χ1) is 11.5. The van der Waals surface area contributed by atoms with E-state index >= 15 is 0 Å². The smallest absolute Gasteiger partial charge is 0.269 e. The molecule has 0 spiro atoms. The van der Waals surface area contributed by atoms with Crippen LogP contribution in [0.5, 0.6) is 5.75 Å². The lowest BCUT2D eigenvalue weighted by Gasteiger charge is -2.08. The Morgan fingerprint density at radius 2 is 1.88 bits per heavy atom. The van der Waals surface area contributed by atoms with E-state index in [1.54, 1.807) is 36.4 Å². The third kappa shape index (κ3) is 3.09. The van der Waals surface area contributed by atoms with Crippen LogP contribution in [0, 0.1) is 0 Å². The van der Waals surface area contributed by atoms with E-state index in [2.05, 4.69) is 0 Å². The van der Waals surface area contributed by atoms with E-state index in [0.29, 0.717) is 26.7 Å². The minimum Gasteiger partial charge on any atom is -0.482 e. The average Bonchev–Trinajstić information content (AvgIpc) is 2.94. The van der Waals surface area contributed by atoms with Crippen molar-refractivity contribution in [3.05, 3.63) is 64.3 Å². The van der Waals surface area contributed by atoms with Gasteiger partial charge in [-0.05, 0) is 24.3 Å². The number of rotatable bonds is 4. The first-order valence-electron chi connectivity index (χ1n) is 6.98. The fourth-order valence-electron chi connectivity index (χ4n) is 2.38. The second-order valence-electron chi connectivity index (χ2n) is 5.05. The maximum Gasteiger partial charge on any atom is 0.269 e. The minimum absolute atomic E-state index is 0.252. The summed E-state index contributed by atoms with van der Waals surface area (Å²) in [6.07, 6.45) is 1.42. The van der Waals surface area contributed by atoms with Gasteiger partial charge in [0.2, 0.25) is 0 Å². The van der Waals surface area contributed by atoms with Crippen molar-refractivity contribution in [1.29, 1.82) is 0 Å². The van der Waals surface area contributed by atoms with Crippen LogP contribution in [0.3, 0.4) is 0 Å². The lowest BCUT2D eigenvalue weighted by molar-refractivity contribution is 0.0843. The number of nitrogens with zero attached hydrogens (tertiary/aromatic N) is 1. The summed E-state index contributed by atoms with van der Waals surface area (Å²) in [5.74, 6) is -0.606. The van der Waals surface area contributed by atoms with Crippen LogP contribution in [0.15, 0.2) is 48.7 Å². The Kier molecular flexibility index (Phi) is 4.46. The molecule has 0 aliphatic carbocycles. The largest absolute Gasteiger partial charge is 0.482 e. The van der Waals surface area contributed by atoms with Crippen LogP contribution in [0.4, 0.5) is 0 Å². The molecule has 2 N–H and O–H groups in total. The number of nitrogens with two attached hydrogens (primary N) is 1. The number of hydrogen-bond donors (Lipinski definition) is 1. The fourth-order valence-corrected chi connectivity index (χ4v) is 2.85. The second kappa shape index (κ2) is 6.55. The molecule has 0 bridgehead atoms. The van der Waals surface area contributed by atoms with Crippen LogP contribution in [-0.2, 0) is 0 Å². The van der Waals surface area contributed by atoms with Crippen LogP contribution in [-0.4, -0.2) is 23.0 Å². The molecular weight excluding hydrogens is 351 g/mol. The molecule has 5 nitrogen and oxygen atoms in total. The van der Waals surface area contributed by atoms with E-state index in [9.17, 15) is 9.59 Å². The maximum absolute atomic E-state index is 12.5. The zero-order valence-corrected chi connectivity index (χ0v) is 13.8. The molecule has 122 valence electrons. The third-order valence-corrected chi connectivity index (χ3v) is 4.02. The molecule has 0 radical (unpaired) electrons. The van der Waals surface area contributed by atoms with Gasteiger partial charge < -0.3 is 10.5 Å². The summed E-state index contributed by atoms with van der Waals surface area (Å²) in [6, 6.07) is 11.7. The molecule has 3 aromatic rings. The summed E-state index contributed by atoms with van der Waals surface area (Å²) in [4.78, 5) is 24.0. The van der Waals surface area contributed by atoms with Gasteiger partial charge >= 0.3 is 0 Å². The molecule has 3 rings (SSSR count). The van der Waals surface area contributed by atoms with Gasteiger partial charge in [0, 0.05) is 16.6 Å². The van der Waals surface area contributed by atoms with Gasteiger partial charge in [0.15, 0.2) is 6.61 Å². The number of aromatic nitrogens is 1. The monoisotopic (exact) mass is 362 g/mol. The summed E-state index contributed by atoms with van der Waals surface area (Å²) in [5, 5.41) is 1.40. The van der Waals surface area contributed by atoms with E-state index < -0.39 is 5.91 Å². The highest BCUT2D eigenvalue weighted by molar-refractivity contribution is 6.35. The maximum atomic E-state index is 12.5. The van der Waals surface area contributed by atoms with Crippen LogP contribution in [0.2, 0.25) is 10.0 Å². The van der Waals surface area contributed by atoms with Crippen molar-refractivity contribution in [3.63, 3.8) is 0 Å². The van der Waals surface area contributed by atoms with Crippen molar-refractivity contribution in [3.8, 4) is 5.75 Å². The van der Waals surface area contributed by atoms with E-state index in [-0.39, 0.29) is 18.1 Å². The second-order valence-corrected chi connectivity index (χ2v) is 5.89. The molecular formula is C17H12Cl2N2O3. The Hall–Kier alpha value is -2.50. The van der Waals surface area contributed by atoms with Crippen LogP contribution >= 0.6 is 23.2 Å². The number of benzene rings is 2. The van der Waals surface area contributed by atoms with Gasteiger partial charge in [0.25, 0.3) is 11.8 Å². The summed E-state index contributed by atoms with van der Waals surface area (Å²) in [7, 11) is 0. The first-order valence-corrected chi connectivity index (χ1v) is 7.74. The predicted octanol–water partition coefficient (Wildman–Crippen LogP) is 3.77. The van der Waals surface area contributed by atoms with Gasteiger partial charge in [-0.2, -0.15) is 0 Å². The van der Waals surface area contributed by atoms with Gasteiger partial charge in [-0.15, -0.1) is 0 Å². The van der Waals surface area contributed by atoms with Crippen molar-refractivity contribution in [2.75, 3.05) is 6.61 Å². The summed E-state index contributed by atoms with van der Waals surface area (Å²) >= 11 is 11.8. The van der Waals surface area contributed by atoms with Gasteiger partial charge in [-0.3, -0.25) is 14.2 Å². The molecule has 0 aliphatic heterocycles. The fraction of sp³-hybridized carbons (Fsp3) is 0.0588. The van der Waals surface area contributed by atoms with Crippen molar-refractivity contribution in [1.82, 2.24) is 4.57 Å². The topological polar surface area (TPSA) is 74.3 Å². The molecule has 0 fully saturated rings. The number of carbonyl (C=O) groups excluding carboxylic acids is 2. The van der Waals surface area contributed by atoms with Crippen molar-refractivity contribution >= 4 is 45.9 Å². The number of amides is 1.